The van der Waals surface area contributed by atoms with Crippen LogP contribution in [0.15, 0.2) is 71.2 Å². The molecule has 0 radical (unpaired) electrons. The highest BCUT2D eigenvalue weighted by Gasteiger charge is 2.45. The fourth-order valence-electron chi connectivity index (χ4n) is 3.83. The van der Waals surface area contributed by atoms with Crippen molar-refractivity contribution >= 4 is 62.4 Å². The zero-order valence-electron chi connectivity index (χ0n) is 19.4. The van der Waals surface area contributed by atoms with E-state index in [0.717, 1.165) is 15.6 Å². The highest BCUT2D eigenvalue weighted by molar-refractivity contribution is 9.10. The summed E-state index contributed by atoms with van der Waals surface area (Å²) in [7, 11) is 0. The van der Waals surface area contributed by atoms with Crippen molar-refractivity contribution in [2.45, 2.75) is 26.3 Å². The molecule has 1 saturated heterocycles. The summed E-state index contributed by atoms with van der Waals surface area (Å²) in [6, 6.07) is 16.4. The molecule has 0 bridgehead atoms. The standard InChI is InChI=1S/C26H22BrFN4O3S/c1-15-3-12-21(16(2)13-15)29-23(33)14-22-25(35)31(20-10-8-19(28)9-11-20)26(36)32(22)30-24(34)17-4-6-18(27)7-5-17/h3-13,22H,14H2,1-2H3,(H,29,33)(H,30,34). The highest BCUT2D eigenvalue weighted by atomic mass is 79.9. The fraction of sp³-hybridized carbons (Fsp3) is 0.154. The molecule has 36 heavy (non-hydrogen) atoms. The van der Waals surface area contributed by atoms with E-state index in [1.807, 2.05) is 26.0 Å². The first-order valence-electron chi connectivity index (χ1n) is 11.0. The Kier molecular flexibility index (Phi) is 7.46. The molecule has 1 fully saturated rings. The maximum atomic E-state index is 13.5. The molecule has 1 atom stereocenters. The van der Waals surface area contributed by atoms with Gasteiger partial charge < -0.3 is 5.32 Å². The van der Waals surface area contributed by atoms with Crippen LogP contribution in [0.5, 0.6) is 0 Å². The van der Waals surface area contributed by atoms with Crippen molar-refractivity contribution in [2.75, 3.05) is 10.2 Å². The van der Waals surface area contributed by atoms with Gasteiger partial charge in [-0.15, -0.1) is 0 Å². The van der Waals surface area contributed by atoms with Crippen LogP contribution in [0.4, 0.5) is 15.8 Å². The molecule has 10 heteroatoms. The number of hydrogen-bond acceptors (Lipinski definition) is 4. The molecule has 1 unspecified atom stereocenters. The van der Waals surface area contributed by atoms with Gasteiger partial charge in [0.05, 0.1) is 12.1 Å². The Bertz CT molecular complexity index is 1350. The summed E-state index contributed by atoms with van der Waals surface area (Å²) in [5.74, 6) is -1.91. The number of carbonyl (C=O) groups excluding carboxylic acids is 3. The van der Waals surface area contributed by atoms with Gasteiger partial charge in [0.25, 0.3) is 11.8 Å². The molecular formula is C26H22BrFN4O3S. The van der Waals surface area contributed by atoms with Crippen molar-refractivity contribution in [1.82, 2.24) is 10.4 Å². The number of benzene rings is 3. The molecule has 184 valence electrons. The second-order valence-electron chi connectivity index (χ2n) is 8.34. The molecule has 1 aliphatic heterocycles. The summed E-state index contributed by atoms with van der Waals surface area (Å²) in [5.41, 5.74) is 5.89. The second-order valence-corrected chi connectivity index (χ2v) is 9.62. The number of hydrogen-bond donors (Lipinski definition) is 2. The van der Waals surface area contributed by atoms with Crippen molar-refractivity contribution in [3.05, 3.63) is 93.7 Å². The van der Waals surface area contributed by atoms with E-state index < -0.39 is 29.6 Å². The van der Waals surface area contributed by atoms with Crippen LogP contribution in [0.2, 0.25) is 0 Å². The number of anilines is 2. The van der Waals surface area contributed by atoms with Crippen LogP contribution in [-0.2, 0) is 9.59 Å². The van der Waals surface area contributed by atoms with Gasteiger partial charge in [-0.25, -0.2) is 9.40 Å². The Balaban J connectivity index is 1.60. The van der Waals surface area contributed by atoms with Gasteiger partial charge in [-0.2, -0.15) is 0 Å². The largest absolute Gasteiger partial charge is 0.326 e. The minimum Gasteiger partial charge on any atom is -0.326 e. The molecule has 3 amide bonds. The molecule has 3 aromatic carbocycles. The Morgan fingerprint density at radius 3 is 2.33 bits per heavy atom. The van der Waals surface area contributed by atoms with Crippen molar-refractivity contribution < 1.29 is 18.8 Å². The van der Waals surface area contributed by atoms with E-state index in [0.29, 0.717) is 16.9 Å². The van der Waals surface area contributed by atoms with Gasteiger partial charge in [0.2, 0.25) is 11.0 Å². The zero-order chi connectivity index (χ0) is 26.0. The zero-order valence-corrected chi connectivity index (χ0v) is 21.8. The quantitative estimate of drug-likeness (QED) is 0.414. The monoisotopic (exact) mass is 568 g/mol. The lowest BCUT2D eigenvalue weighted by atomic mass is 10.1. The van der Waals surface area contributed by atoms with Gasteiger partial charge in [0.1, 0.15) is 11.9 Å². The Morgan fingerprint density at radius 1 is 1.03 bits per heavy atom. The highest BCUT2D eigenvalue weighted by Crippen LogP contribution is 2.27. The third-order valence-corrected chi connectivity index (χ3v) is 6.57. The molecule has 7 nitrogen and oxygen atoms in total. The molecule has 1 heterocycles. The van der Waals surface area contributed by atoms with Crippen molar-refractivity contribution in [2.24, 2.45) is 0 Å². The number of rotatable bonds is 6. The average molecular weight is 569 g/mol. The Hall–Kier alpha value is -3.63. The van der Waals surface area contributed by atoms with Crippen molar-refractivity contribution in [1.29, 1.82) is 0 Å². The molecule has 0 saturated carbocycles. The second kappa shape index (κ2) is 10.5. The van der Waals surface area contributed by atoms with Crippen LogP contribution < -0.4 is 15.6 Å². The average Bonchev–Trinajstić information content (AvgIpc) is 3.06. The predicted molar refractivity (Wildman–Crippen MR) is 143 cm³/mol. The molecule has 4 rings (SSSR count). The van der Waals surface area contributed by atoms with Crippen LogP contribution in [-0.4, -0.2) is 33.9 Å². The SMILES string of the molecule is Cc1ccc(NC(=O)CC2C(=O)N(c3ccc(F)cc3)C(=S)N2NC(=O)c2ccc(Br)cc2)c(C)c1. The maximum Gasteiger partial charge on any atom is 0.269 e. The van der Waals surface area contributed by atoms with Crippen LogP contribution in [0.25, 0.3) is 0 Å². The number of hydrazine groups is 1. The van der Waals surface area contributed by atoms with E-state index in [1.165, 1.54) is 34.2 Å². The number of nitrogens with zero attached hydrogens (tertiary/aromatic N) is 2. The van der Waals surface area contributed by atoms with Gasteiger partial charge in [-0.05, 0) is 86.2 Å². The topological polar surface area (TPSA) is 81.8 Å². The summed E-state index contributed by atoms with van der Waals surface area (Å²) in [6.45, 7) is 3.83. The number of nitrogens with one attached hydrogen (secondary N) is 2. The fourth-order valence-corrected chi connectivity index (χ4v) is 4.47. The molecule has 2 N–H and O–H groups in total. The van der Waals surface area contributed by atoms with Gasteiger partial charge >= 0.3 is 0 Å². The molecule has 0 aliphatic carbocycles. The van der Waals surface area contributed by atoms with Gasteiger partial charge in [-0.1, -0.05) is 33.6 Å². The van der Waals surface area contributed by atoms with E-state index >= 15 is 0 Å². The number of carbonyl (C=O) groups is 3. The summed E-state index contributed by atoms with van der Waals surface area (Å²) in [5, 5.41) is 4.02. The van der Waals surface area contributed by atoms with Crippen LogP contribution in [0, 0.1) is 19.7 Å². The van der Waals surface area contributed by atoms with E-state index in [9.17, 15) is 18.8 Å². The summed E-state index contributed by atoms with van der Waals surface area (Å²) < 4.78 is 14.3. The van der Waals surface area contributed by atoms with E-state index in [-0.39, 0.29) is 11.5 Å². The molecule has 3 aromatic rings. The van der Waals surface area contributed by atoms with Gasteiger partial charge in [0, 0.05) is 15.7 Å². The molecule has 1 aliphatic rings. The lowest BCUT2D eigenvalue weighted by Crippen LogP contribution is -2.49. The first kappa shape index (κ1) is 25.5. The molecule has 0 aromatic heterocycles. The van der Waals surface area contributed by atoms with Gasteiger partial charge in [0.15, 0.2) is 0 Å². The van der Waals surface area contributed by atoms with Gasteiger partial charge in [-0.3, -0.25) is 24.7 Å². The normalized spacial score (nSPS) is 15.3. The predicted octanol–water partition coefficient (Wildman–Crippen LogP) is 4.88. The van der Waals surface area contributed by atoms with Crippen LogP contribution in [0.3, 0.4) is 0 Å². The van der Waals surface area contributed by atoms with E-state index in [2.05, 4.69) is 26.7 Å². The number of halogens is 2. The summed E-state index contributed by atoms with van der Waals surface area (Å²) in [6.07, 6.45) is -0.273. The Labute approximate surface area is 221 Å². The lowest BCUT2D eigenvalue weighted by molar-refractivity contribution is -0.124. The number of amides is 3. The van der Waals surface area contributed by atoms with Crippen molar-refractivity contribution in [3.63, 3.8) is 0 Å². The summed E-state index contributed by atoms with van der Waals surface area (Å²) >= 11 is 8.85. The first-order chi connectivity index (χ1) is 17.1. The van der Waals surface area contributed by atoms with Crippen molar-refractivity contribution in [3.8, 4) is 0 Å². The smallest absolute Gasteiger partial charge is 0.269 e. The summed E-state index contributed by atoms with van der Waals surface area (Å²) in [4.78, 5) is 40.5. The van der Waals surface area contributed by atoms with E-state index in [4.69, 9.17) is 12.2 Å². The molecule has 0 spiro atoms. The minimum atomic E-state index is -1.10. The number of thiocarbonyl (C=S) groups is 1. The minimum absolute atomic E-state index is 0.0265. The third-order valence-electron chi connectivity index (χ3n) is 5.66. The third kappa shape index (κ3) is 5.44. The molecular weight excluding hydrogens is 547 g/mol. The Morgan fingerprint density at radius 2 is 1.69 bits per heavy atom. The van der Waals surface area contributed by atoms with Crippen LogP contribution >= 0.6 is 28.1 Å². The first-order valence-corrected chi connectivity index (χ1v) is 12.2. The number of aryl methyl sites for hydroxylation is 2. The lowest BCUT2D eigenvalue weighted by Gasteiger charge is -2.24. The maximum absolute atomic E-state index is 13.5. The van der Waals surface area contributed by atoms with E-state index in [1.54, 1.807) is 30.3 Å². The van der Waals surface area contributed by atoms with Crippen LogP contribution in [0.1, 0.15) is 27.9 Å².